The Morgan fingerprint density at radius 2 is 2.04 bits per heavy atom. The third kappa shape index (κ3) is 2.31. The van der Waals surface area contributed by atoms with Gasteiger partial charge in [-0.1, -0.05) is 24.3 Å². The minimum atomic E-state index is 0.456. The number of nitrogens with two attached hydrogens (primary N) is 1. The first-order valence-corrected chi connectivity index (χ1v) is 7.68. The normalized spacial score (nSPS) is 11.2. The van der Waals surface area contributed by atoms with E-state index in [-0.39, 0.29) is 0 Å². The monoisotopic (exact) mass is 314 g/mol. The number of rotatable bonds is 4. The third-order valence-corrected chi connectivity index (χ3v) is 4.05. The number of anilines is 1. The summed E-state index contributed by atoms with van der Waals surface area (Å²) in [4.78, 5) is 8.70. The fourth-order valence-corrected chi connectivity index (χ4v) is 2.92. The van der Waals surface area contributed by atoms with Gasteiger partial charge in [0.05, 0.1) is 5.52 Å². The standard InChI is InChI=1S/C19H16N5/c1-2-3-7-15-10-16(18-19(20)22-12-23-24(15)18)14-9-13-6-4-5-8-17(13)21-11-14/h2-6,8-12H,1,7H2,(H2,20,22,23). The second-order valence-corrected chi connectivity index (χ2v) is 5.55. The van der Waals surface area contributed by atoms with E-state index in [0.29, 0.717) is 5.82 Å². The fourth-order valence-electron chi connectivity index (χ4n) is 2.92. The molecular weight excluding hydrogens is 298 g/mol. The van der Waals surface area contributed by atoms with E-state index in [0.717, 1.165) is 39.7 Å². The number of para-hydroxylation sites is 1. The number of pyridine rings is 1. The second-order valence-electron chi connectivity index (χ2n) is 5.55. The predicted octanol–water partition coefficient (Wildman–Crippen LogP) is 3.46. The molecule has 24 heavy (non-hydrogen) atoms. The molecule has 3 heterocycles. The first-order chi connectivity index (χ1) is 11.8. The molecule has 4 rings (SSSR count). The van der Waals surface area contributed by atoms with Gasteiger partial charge in [0.1, 0.15) is 11.8 Å². The topological polar surface area (TPSA) is 69.1 Å². The summed E-state index contributed by atoms with van der Waals surface area (Å²) in [6.45, 7) is 3.74. The lowest BCUT2D eigenvalue weighted by Crippen LogP contribution is -2.02. The Hall–Kier alpha value is -3.21. The minimum absolute atomic E-state index is 0.456. The smallest absolute Gasteiger partial charge is 0.151 e. The summed E-state index contributed by atoms with van der Waals surface area (Å²) in [7, 11) is 0. The summed E-state index contributed by atoms with van der Waals surface area (Å²) in [6, 6.07) is 12.2. The molecule has 4 aromatic rings. The van der Waals surface area contributed by atoms with Crippen LogP contribution in [0.4, 0.5) is 5.82 Å². The van der Waals surface area contributed by atoms with Crippen molar-refractivity contribution in [2.75, 3.05) is 5.73 Å². The van der Waals surface area contributed by atoms with Gasteiger partial charge in [-0.2, -0.15) is 5.10 Å². The summed E-state index contributed by atoms with van der Waals surface area (Å²) in [5.74, 6) is 0.456. The van der Waals surface area contributed by atoms with E-state index < -0.39 is 0 Å². The molecule has 0 saturated heterocycles. The number of allylic oxidation sites excluding steroid dienone is 1. The molecule has 1 aromatic carbocycles. The highest BCUT2D eigenvalue weighted by Crippen LogP contribution is 2.31. The number of benzene rings is 1. The van der Waals surface area contributed by atoms with E-state index in [2.05, 4.69) is 39.8 Å². The summed E-state index contributed by atoms with van der Waals surface area (Å²) in [5.41, 5.74) is 10.9. The third-order valence-electron chi connectivity index (χ3n) is 4.05. The summed E-state index contributed by atoms with van der Waals surface area (Å²) < 4.78 is 1.84. The van der Waals surface area contributed by atoms with Crippen molar-refractivity contribution < 1.29 is 0 Å². The van der Waals surface area contributed by atoms with Gasteiger partial charge in [-0.15, -0.1) is 6.58 Å². The highest BCUT2D eigenvalue weighted by molar-refractivity contribution is 5.92. The van der Waals surface area contributed by atoms with Crippen LogP contribution < -0.4 is 5.73 Å². The number of hydrogen-bond donors (Lipinski definition) is 1. The van der Waals surface area contributed by atoms with Crippen molar-refractivity contribution in [2.45, 2.75) is 6.42 Å². The molecule has 117 valence electrons. The van der Waals surface area contributed by atoms with E-state index in [1.165, 1.54) is 6.33 Å². The van der Waals surface area contributed by atoms with Crippen molar-refractivity contribution in [1.82, 2.24) is 19.6 Å². The van der Waals surface area contributed by atoms with Gasteiger partial charge >= 0.3 is 0 Å². The van der Waals surface area contributed by atoms with Crippen molar-refractivity contribution in [3.8, 4) is 11.1 Å². The van der Waals surface area contributed by atoms with Crippen LogP contribution in [0.3, 0.4) is 0 Å². The van der Waals surface area contributed by atoms with Gasteiger partial charge in [-0.25, -0.2) is 9.50 Å². The molecule has 0 aliphatic carbocycles. The molecule has 1 radical (unpaired) electrons. The molecule has 0 fully saturated rings. The van der Waals surface area contributed by atoms with Crippen LogP contribution in [0.15, 0.2) is 61.6 Å². The number of hydrogen-bond acceptors (Lipinski definition) is 4. The van der Waals surface area contributed by atoms with Crippen molar-refractivity contribution in [2.24, 2.45) is 0 Å². The molecule has 0 saturated carbocycles. The molecule has 5 heteroatoms. The lowest BCUT2D eigenvalue weighted by molar-refractivity contribution is 0.850. The predicted molar refractivity (Wildman–Crippen MR) is 96.3 cm³/mol. The van der Waals surface area contributed by atoms with E-state index in [1.807, 2.05) is 35.3 Å². The Bertz CT molecular complexity index is 1050. The van der Waals surface area contributed by atoms with Crippen molar-refractivity contribution in [3.05, 3.63) is 73.7 Å². The van der Waals surface area contributed by atoms with E-state index in [1.54, 1.807) is 6.08 Å². The zero-order valence-electron chi connectivity index (χ0n) is 13.1. The number of aromatic nitrogens is 4. The Balaban J connectivity index is 1.95. The maximum atomic E-state index is 6.13. The lowest BCUT2D eigenvalue weighted by Gasteiger charge is -2.04. The SMILES string of the molecule is C=C[CH]Cc1cc(-c2cnc3ccccc3c2)c2c(N)ncnn12. The van der Waals surface area contributed by atoms with Crippen molar-refractivity contribution in [1.29, 1.82) is 0 Å². The fraction of sp³-hybridized carbons (Fsp3) is 0.0526. The molecule has 0 unspecified atom stereocenters. The molecule has 0 amide bonds. The molecule has 0 aliphatic rings. The van der Waals surface area contributed by atoms with Gasteiger partial charge in [0, 0.05) is 28.4 Å². The largest absolute Gasteiger partial charge is 0.382 e. The molecular formula is C19H16N5. The Labute approximate surface area is 139 Å². The van der Waals surface area contributed by atoms with Gasteiger partial charge in [-0.3, -0.25) is 4.98 Å². The first kappa shape index (κ1) is 14.4. The van der Waals surface area contributed by atoms with Gasteiger partial charge in [0.2, 0.25) is 0 Å². The quantitative estimate of drug-likeness (QED) is 0.626. The summed E-state index contributed by atoms with van der Waals surface area (Å²) in [6.07, 6.45) is 7.83. The van der Waals surface area contributed by atoms with E-state index >= 15 is 0 Å². The lowest BCUT2D eigenvalue weighted by atomic mass is 10.1. The highest BCUT2D eigenvalue weighted by Gasteiger charge is 2.15. The first-order valence-electron chi connectivity index (χ1n) is 7.68. The molecule has 3 aromatic heterocycles. The Morgan fingerprint density at radius 1 is 1.17 bits per heavy atom. The Morgan fingerprint density at radius 3 is 2.92 bits per heavy atom. The van der Waals surface area contributed by atoms with Gasteiger partial charge in [0.15, 0.2) is 5.82 Å². The van der Waals surface area contributed by atoms with Crippen LogP contribution in [0.2, 0.25) is 0 Å². The number of fused-ring (bicyclic) bond motifs is 2. The number of nitrogens with zero attached hydrogens (tertiary/aromatic N) is 4. The molecule has 0 atom stereocenters. The molecule has 0 bridgehead atoms. The van der Waals surface area contributed by atoms with E-state index in [9.17, 15) is 0 Å². The van der Waals surface area contributed by atoms with Crippen LogP contribution in [0.1, 0.15) is 5.69 Å². The van der Waals surface area contributed by atoms with Crippen LogP contribution in [0, 0.1) is 6.42 Å². The molecule has 0 aliphatic heterocycles. The van der Waals surface area contributed by atoms with Gasteiger partial charge in [0.25, 0.3) is 0 Å². The maximum absolute atomic E-state index is 6.13. The number of nitrogen functional groups attached to an aromatic ring is 1. The molecule has 5 nitrogen and oxygen atoms in total. The van der Waals surface area contributed by atoms with Crippen molar-refractivity contribution >= 4 is 22.2 Å². The average molecular weight is 314 g/mol. The Kier molecular flexibility index (Phi) is 3.46. The van der Waals surface area contributed by atoms with Gasteiger partial charge < -0.3 is 5.73 Å². The molecule has 0 spiro atoms. The summed E-state index contributed by atoms with van der Waals surface area (Å²) in [5, 5.41) is 5.44. The zero-order chi connectivity index (χ0) is 16.5. The maximum Gasteiger partial charge on any atom is 0.151 e. The van der Waals surface area contributed by atoms with Crippen LogP contribution in [-0.2, 0) is 6.42 Å². The zero-order valence-corrected chi connectivity index (χ0v) is 13.1. The highest BCUT2D eigenvalue weighted by atomic mass is 15.3. The second kappa shape index (κ2) is 5.77. The minimum Gasteiger partial charge on any atom is -0.382 e. The van der Waals surface area contributed by atoms with Crippen LogP contribution in [0.25, 0.3) is 27.5 Å². The van der Waals surface area contributed by atoms with Gasteiger partial charge in [-0.05, 0) is 31.0 Å². The summed E-state index contributed by atoms with van der Waals surface area (Å²) >= 11 is 0. The van der Waals surface area contributed by atoms with E-state index in [4.69, 9.17) is 5.73 Å². The van der Waals surface area contributed by atoms with Crippen LogP contribution in [0.5, 0.6) is 0 Å². The van der Waals surface area contributed by atoms with Crippen molar-refractivity contribution in [3.63, 3.8) is 0 Å². The molecule has 2 N–H and O–H groups in total. The van der Waals surface area contributed by atoms with Crippen LogP contribution >= 0.6 is 0 Å². The van der Waals surface area contributed by atoms with Crippen LogP contribution in [-0.4, -0.2) is 19.6 Å². The average Bonchev–Trinajstić information content (AvgIpc) is 2.99.